The quantitative estimate of drug-likeness (QED) is 0.830. The van der Waals surface area contributed by atoms with Crippen LogP contribution in [0.4, 0.5) is 0 Å². The molecule has 138 valence electrons. The highest BCUT2D eigenvalue weighted by atomic mass is 16.2. The van der Waals surface area contributed by atoms with Crippen molar-refractivity contribution in [1.82, 2.24) is 20.1 Å². The third-order valence-corrected chi connectivity index (χ3v) is 4.71. The summed E-state index contributed by atoms with van der Waals surface area (Å²) < 4.78 is 0. The molecule has 0 unspecified atom stereocenters. The SMILES string of the molecule is Cc1cccc(CN(CCC(=O)N2CCNCC2)Cc2ccccn2)c1. The molecule has 1 aliphatic heterocycles. The van der Waals surface area contributed by atoms with E-state index in [1.165, 1.54) is 11.1 Å². The lowest BCUT2D eigenvalue weighted by molar-refractivity contribution is -0.132. The molecule has 1 fully saturated rings. The molecule has 5 nitrogen and oxygen atoms in total. The van der Waals surface area contributed by atoms with E-state index >= 15 is 0 Å². The van der Waals surface area contributed by atoms with Crippen molar-refractivity contribution in [1.29, 1.82) is 0 Å². The van der Waals surface area contributed by atoms with Crippen LogP contribution in [0.1, 0.15) is 23.2 Å². The topological polar surface area (TPSA) is 48.5 Å². The molecule has 2 heterocycles. The molecule has 1 aliphatic rings. The number of hydrogen-bond donors (Lipinski definition) is 1. The van der Waals surface area contributed by atoms with Gasteiger partial charge < -0.3 is 10.2 Å². The van der Waals surface area contributed by atoms with E-state index in [0.717, 1.165) is 51.5 Å². The van der Waals surface area contributed by atoms with E-state index in [0.29, 0.717) is 6.42 Å². The molecular weight excluding hydrogens is 324 g/mol. The first-order chi connectivity index (χ1) is 12.7. The molecular formula is C21H28N4O. The molecule has 0 atom stereocenters. The van der Waals surface area contributed by atoms with E-state index in [1.54, 1.807) is 0 Å². The normalized spacial score (nSPS) is 14.6. The number of piperazine rings is 1. The molecule has 0 bridgehead atoms. The van der Waals surface area contributed by atoms with Crippen LogP contribution in [0.15, 0.2) is 48.7 Å². The smallest absolute Gasteiger partial charge is 0.223 e. The Morgan fingerprint density at radius 1 is 1.15 bits per heavy atom. The summed E-state index contributed by atoms with van der Waals surface area (Å²) in [6.07, 6.45) is 2.38. The Bertz CT molecular complexity index is 698. The van der Waals surface area contributed by atoms with Gasteiger partial charge in [0.15, 0.2) is 0 Å². The van der Waals surface area contributed by atoms with Gasteiger partial charge in [0.1, 0.15) is 0 Å². The van der Waals surface area contributed by atoms with E-state index in [2.05, 4.69) is 46.4 Å². The van der Waals surface area contributed by atoms with E-state index in [1.807, 2.05) is 29.3 Å². The molecule has 0 radical (unpaired) electrons. The number of aryl methyl sites for hydroxylation is 1. The average Bonchev–Trinajstić information content (AvgIpc) is 2.67. The van der Waals surface area contributed by atoms with Crippen molar-refractivity contribution in [3.8, 4) is 0 Å². The number of nitrogens with one attached hydrogen (secondary N) is 1. The Hall–Kier alpha value is -2.24. The Morgan fingerprint density at radius 3 is 2.73 bits per heavy atom. The summed E-state index contributed by atoms with van der Waals surface area (Å²) in [5, 5.41) is 3.29. The molecule has 26 heavy (non-hydrogen) atoms. The average molecular weight is 352 g/mol. The second-order valence-electron chi connectivity index (χ2n) is 6.90. The molecule has 2 aromatic rings. The minimum atomic E-state index is 0.252. The maximum atomic E-state index is 12.5. The molecule has 5 heteroatoms. The van der Waals surface area contributed by atoms with Crippen LogP contribution < -0.4 is 5.32 Å². The predicted molar refractivity (Wildman–Crippen MR) is 104 cm³/mol. The van der Waals surface area contributed by atoms with Gasteiger partial charge in [-0.1, -0.05) is 35.9 Å². The minimum Gasteiger partial charge on any atom is -0.340 e. The van der Waals surface area contributed by atoms with Gasteiger partial charge in [-0.15, -0.1) is 0 Å². The highest BCUT2D eigenvalue weighted by Crippen LogP contribution is 2.12. The summed E-state index contributed by atoms with van der Waals surface area (Å²) in [4.78, 5) is 21.3. The predicted octanol–water partition coefficient (Wildman–Crippen LogP) is 2.21. The molecule has 0 saturated carbocycles. The number of rotatable bonds is 7. The van der Waals surface area contributed by atoms with Gasteiger partial charge in [-0.2, -0.15) is 0 Å². The second-order valence-corrected chi connectivity index (χ2v) is 6.90. The first-order valence-electron chi connectivity index (χ1n) is 9.37. The zero-order valence-electron chi connectivity index (χ0n) is 15.5. The fourth-order valence-electron chi connectivity index (χ4n) is 3.33. The zero-order chi connectivity index (χ0) is 18.2. The summed E-state index contributed by atoms with van der Waals surface area (Å²) in [5.74, 6) is 0.252. The number of carbonyl (C=O) groups excluding carboxylic acids is 1. The number of pyridine rings is 1. The fourth-order valence-corrected chi connectivity index (χ4v) is 3.33. The van der Waals surface area contributed by atoms with Crippen LogP contribution in [0.3, 0.4) is 0 Å². The molecule has 1 N–H and O–H groups in total. The van der Waals surface area contributed by atoms with Crippen LogP contribution in [-0.4, -0.2) is 53.4 Å². The summed E-state index contributed by atoms with van der Waals surface area (Å²) in [5.41, 5.74) is 3.57. The van der Waals surface area contributed by atoms with Crippen molar-refractivity contribution in [3.05, 3.63) is 65.5 Å². The van der Waals surface area contributed by atoms with Gasteiger partial charge in [-0.05, 0) is 24.6 Å². The van der Waals surface area contributed by atoms with Crippen LogP contribution in [0.2, 0.25) is 0 Å². The Balaban J connectivity index is 1.62. The monoisotopic (exact) mass is 352 g/mol. The largest absolute Gasteiger partial charge is 0.340 e. The van der Waals surface area contributed by atoms with Crippen LogP contribution in [0.5, 0.6) is 0 Å². The summed E-state index contributed by atoms with van der Waals surface area (Å²) >= 11 is 0. The molecule has 1 aromatic heterocycles. The van der Waals surface area contributed by atoms with E-state index in [9.17, 15) is 4.79 Å². The number of carbonyl (C=O) groups is 1. The van der Waals surface area contributed by atoms with Crippen molar-refractivity contribution in [3.63, 3.8) is 0 Å². The van der Waals surface area contributed by atoms with Gasteiger partial charge in [0.2, 0.25) is 5.91 Å². The van der Waals surface area contributed by atoms with Crippen LogP contribution in [0.25, 0.3) is 0 Å². The number of nitrogens with zero attached hydrogens (tertiary/aromatic N) is 3. The van der Waals surface area contributed by atoms with Crippen LogP contribution >= 0.6 is 0 Å². The highest BCUT2D eigenvalue weighted by Gasteiger charge is 2.17. The number of amides is 1. The molecule has 0 aliphatic carbocycles. The van der Waals surface area contributed by atoms with Crippen molar-refractivity contribution >= 4 is 5.91 Å². The number of aromatic nitrogens is 1. The van der Waals surface area contributed by atoms with Crippen molar-refractivity contribution in [2.45, 2.75) is 26.4 Å². The zero-order valence-corrected chi connectivity index (χ0v) is 15.5. The first kappa shape index (κ1) is 18.5. The van der Waals surface area contributed by atoms with E-state index < -0.39 is 0 Å². The lowest BCUT2D eigenvalue weighted by atomic mass is 10.1. The van der Waals surface area contributed by atoms with E-state index in [-0.39, 0.29) is 5.91 Å². The third-order valence-electron chi connectivity index (χ3n) is 4.71. The van der Waals surface area contributed by atoms with Gasteiger partial charge in [0.25, 0.3) is 0 Å². The molecule has 3 rings (SSSR count). The summed E-state index contributed by atoms with van der Waals surface area (Å²) in [6.45, 7) is 7.86. The van der Waals surface area contributed by atoms with E-state index in [4.69, 9.17) is 0 Å². The summed E-state index contributed by atoms with van der Waals surface area (Å²) in [6, 6.07) is 14.6. The first-order valence-corrected chi connectivity index (χ1v) is 9.37. The lowest BCUT2D eigenvalue weighted by Gasteiger charge is -2.29. The lowest BCUT2D eigenvalue weighted by Crippen LogP contribution is -2.47. The number of benzene rings is 1. The van der Waals surface area contributed by atoms with Crippen molar-refractivity contribution < 1.29 is 4.79 Å². The molecule has 1 amide bonds. The Kier molecular flexibility index (Phi) is 6.75. The van der Waals surface area contributed by atoms with Gasteiger partial charge in [0, 0.05) is 58.4 Å². The van der Waals surface area contributed by atoms with Crippen LogP contribution in [-0.2, 0) is 17.9 Å². The van der Waals surface area contributed by atoms with Gasteiger partial charge >= 0.3 is 0 Å². The van der Waals surface area contributed by atoms with Gasteiger partial charge in [0.05, 0.1) is 5.69 Å². The van der Waals surface area contributed by atoms with Crippen molar-refractivity contribution in [2.75, 3.05) is 32.7 Å². The fraction of sp³-hybridized carbons (Fsp3) is 0.429. The summed E-state index contributed by atoms with van der Waals surface area (Å²) in [7, 11) is 0. The Labute approximate surface area is 156 Å². The standard InChI is InChI=1S/C21H28N4O/c1-18-5-4-6-19(15-18)16-24(17-20-7-2-3-9-23-20)12-8-21(26)25-13-10-22-11-14-25/h2-7,9,15,22H,8,10-14,16-17H2,1H3. The maximum Gasteiger partial charge on any atom is 0.223 e. The minimum absolute atomic E-state index is 0.252. The molecule has 0 spiro atoms. The second kappa shape index (κ2) is 9.46. The third kappa shape index (κ3) is 5.64. The van der Waals surface area contributed by atoms with Gasteiger partial charge in [-0.25, -0.2) is 0 Å². The van der Waals surface area contributed by atoms with Gasteiger partial charge in [-0.3, -0.25) is 14.7 Å². The highest BCUT2D eigenvalue weighted by molar-refractivity contribution is 5.76. The maximum absolute atomic E-state index is 12.5. The Morgan fingerprint density at radius 2 is 2.00 bits per heavy atom. The molecule has 1 saturated heterocycles. The number of hydrogen-bond acceptors (Lipinski definition) is 4. The molecule has 1 aromatic carbocycles. The van der Waals surface area contributed by atoms with Crippen LogP contribution in [0, 0.1) is 6.92 Å². The van der Waals surface area contributed by atoms with Crippen molar-refractivity contribution in [2.24, 2.45) is 0 Å².